The van der Waals surface area contributed by atoms with Gasteiger partial charge in [0, 0.05) is 10.2 Å². The quantitative estimate of drug-likeness (QED) is 0.710. The van der Waals surface area contributed by atoms with Gasteiger partial charge < -0.3 is 5.73 Å². The van der Waals surface area contributed by atoms with Crippen LogP contribution in [0.15, 0.2) is 22.7 Å². The zero-order valence-electron chi connectivity index (χ0n) is 8.10. The summed E-state index contributed by atoms with van der Waals surface area (Å²) in [5.41, 5.74) is 8.03. The predicted octanol–water partition coefficient (Wildman–Crippen LogP) is 3.75. The van der Waals surface area contributed by atoms with Crippen molar-refractivity contribution in [2.75, 3.05) is 5.73 Å². The Balaban J connectivity index is 0.00000144. The summed E-state index contributed by atoms with van der Waals surface area (Å²) < 4.78 is 1.08. The van der Waals surface area contributed by atoms with Gasteiger partial charge in [-0.1, -0.05) is 36.7 Å². The van der Waals surface area contributed by atoms with E-state index in [2.05, 4.69) is 42.8 Å². The number of hydrogen-bond donors (Lipinski definition) is 1. The van der Waals surface area contributed by atoms with Gasteiger partial charge in [0.15, 0.2) is 0 Å². The van der Waals surface area contributed by atoms with Crippen molar-refractivity contribution in [2.45, 2.75) is 26.2 Å². The summed E-state index contributed by atoms with van der Waals surface area (Å²) in [4.78, 5) is 0. The SMILES string of the molecule is CC(C)(C)c1cc(Br)ccc1N.Cl. The van der Waals surface area contributed by atoms with Gasteiger partial charge in [-0.05, 0) is 29.2 Å². The number of nitrogen functional groups attached to an aromatic ring is 1. The lowest BCUT2D eigenvalue weighted by molar-refractivity contribution is 0.592. The lowest BCUT2D eigenvalue weighted by Gasteiger charge is -2.21. The third kappa shape index (κ3) is 3.20. The van der Waals surface area contributed by atoms with Gasteiger partial charge in [-0.15, -0.1) is 12.4 Å². The van der Waals surface area contributed by atoms with E-state index in [1.54, 1.807) is 0 Å². The van der Waals surface area contributed by atoms with Crippen LogP contribution in [0.5, 0.6) is 0 Å². The van der Waals surface area contributed by atoms with E-state index in [1.165, 1.54) is 5.56 Å². The summed E-state index contributed by atoms with van der Waals surface area (Å²) in [6.07, 6.45) is 0. The number of halogens is 2. The highest BCUT2D eigenvalue weighted by Gasteiger charge is 2.16. The molecule has 3 heteroatoms. The van der Waals surface area contributed by atoms with Gasteiger partial charge in [0.05, 0.1) is 0 Å². The molecule has 13 heavy (non-hydrogen) atoms. The molecule has 0 saturated carbocycles. The number of anilines is 1. The van der Waals surface area contributed by atoms with Crippen LogP contribution in [0, 0.1) is 0 Å². The first-order chi connectivity index (χ1) is 5.41. The number of nitrogens with two attached hydrogens (primary N) is 1. The van der Waals surface area contributed by atoms with Crippen molar-refractivity contribution in [3.63, 3.8) is 0 Å². The zero-order chi connectivity index (χ0) is 9.35. The Morgan fingerprint density at radius 3 is 2.15 bits per heavy atom. The Morgan fingerprint density at radius 1 is 1.23 bits per heavy atom. The molecule has 0 amide bonds. The van der Waals surface area contributed by atoms with Crippen molar-refractivity contribution in [1.29, 1.82) is 0 Å². The molecule has 74 valence electrons. The van der Waals surface area contributed by atoms with E-state index < -0.39 is 0 Å². The number of rotatable bonds is 0. The molecule has 1 aromatic carbocycles. The minimum Gasteiger partial charge on any atom is -0.398 e. The molecule has 0 heterocycles. The van der Waals surface area contributed by atoms with Gasteiger partial charge in [-0.2, -0.15) is 0 Å². The van der Waals surface area contributed by atoms with Crippen LogP contribution in [-0.4, -0.2) is 0 Å². The van der Waals surface area contributed by atoms with Crippen molar-refractivity contribution >= 4 is 34.0 Å². The maximum Gasteiger partial charge on any atom is 0.0352 e. The van der Waals surface area contributed by atoms with Crippen molar-refractivity contribution in [3.8, 4) is 0 Å². The molecule has 0 bridgehead atoms. The maximum absolute atomic E-state index is 5.85. The van der Waals surface area contributed by atoms with Crippen LogP contribution in [0.25, 0.3) is 0 Å². The molecule has 0 aromatic heterocycles. The molecular formula is C10H15BrClN. The topological polar surface area (TPSA) is 26.0 Å². The van der Waals surface area contributed by atoms with Gasteiger partial charge in [0.1, 0.15) is 0 Å². The minimum absolute atomic E-state index is 0. The highest BCUT2D eigenvalue weighted by atomic mass is 79.9. The third-order valence-corrected chi connectivity index (χ3v) is 2.32. The summed E-state index contributed by atoms with van der Waals surface area (Å²) >= 11 is 3.43. The fourth-order valence-corrected chi connectivity index (χ4v) is 1.54. The first-order valence-electron chi connectivity index (χ1n) is 3.97. The molecule has 2 N–H and O–H groups in total. The molecule has 0 unspecified atom stereocenters. The van der Waals surface area contributed by atoms with Gasteiger partial charge >= 0.3 is 0 Å². The Kier molecular flexibility index (Phi) is 4.27. The molecule has 1 nitrogen and oxygen atoms in total. The fraction of sp³-hybridized carbons (Fsp3) is 0.400. The van der Waals surface area contributed by atoms with E-state index in [4.69, 9.17) is 5.73 Å². The second-order valence-electron chi connectivity index (χ2n) is 3.98. The normalized spacial score (nSPS) is 10.8. The first-order valence-corrected chi connectivity index (χ1v) is 4.76. The highest BCUT2D eigenvalue weighted by Crippen LogP contribution is 2.29. The number of hydrogen-bond acceptors (Lipinski definition) is 1. The van der Waals surface area contributed by atoms with E-state index in [0.717, 1.165) is 10.2 Å². The largest absolute Gasteiger partial charge is 0.398 e. The Labute approximate surface area is 94.3 Å². The van der Waals surface area contributed by atoms with Crippen molar-refractivity contribution in [3.05, 3.63) is 28.2 Å². The molecule has 0 atom stereocenters. The molecule has 0 aliphatic heterocycles. The number of benzene rings is 1. The van der Waals surface area contributed by atoms with Crippen LogP contribution in [0.2, 0.25) is 0 Å². The second kappa shape index (κ2) is 4.34. The average molecular weight is 265 g/mol. The molecule has 0 radical (unpaired) electrons. The molecular weight excluding hydrogens is 249 g/mol. The van der Waals surface area contributed by atoms with E-state index in [0.29, 0.717) is 0 Å². The summed E-state index contributed by atoms with van der Waals surface area (Å²) in [7, 11) is 0. The molecule has 1 rings (SSSR count). The van der Waals surface area contributed by atoms with Crippen LogP contribution in [-0.2, 0) is 5.41 Å². The summed E-state index contributed by atoms with van der Waals surface area (Å²) in [5, 5.41) is 0. The molecule has 0 aliphatic rings. The van der Waals surface area contributed by atoms with Gasteiger partial charge in [-0.3, -0.25) is 0 Å². The van der Waals surface area contributed by atoms with Crippen molar-refractivity contribution in [1.82, 2.24) is 0 Å². The Morgan fingerprint density at radius 2 is 1.77 bits per heavy atom. The predicted molar refractivity (Wildman–Crippen MR) is 64.5 cm³/mol. The Bertz CT molecular complexity index is 291. The molecule has 0 fully saturated rings. The van der Waals surface area contributed by atoms with Gasteiger partial charge in [0.2, 0.25) is 0 Å². The molecule has 0 saturated heterocycles. The molecule has 1 aromatic rings. The maximum atomic E-state index is 5.85. The van der Waals surface area contributed by atoms with Crippen molar-refractivity contribution in [2.24, 2.45) is 0 Å². The molecule has 0 spiro atoms. The van der Waals surface area contributed by atoms with Crippen molar-refractivity contribution < 1.29 is 0 Å². The van der Waals surface area contributed by atoms with Crippen LogP contribution < -0.4 is 5.73 Å². The second-order valence-corrected chi connectivity index (χ2v) is 4.90. The van der Waals surface area contributed by atoms with Crippen LogP contribution in [0.3, 0.4) is 0 Å². The third-order valence-electron chi connectivity index (χ3n) is 1.82. The summed E-state index contributed by atoms with van der Waals surface area (Å²) in [6, 6.07) is 5.98. The van der Waals surface area contributed by atoms with E-state index in [1.807, 2.05) is 12.1 Å². The standard InChI is InChI=1S/C10H14BrN.ClH/c1-10(2,3)8-6-7(11)4-5-9(8)12;/h4-6H,12H2,1-3H3;1H. The first kappa shape index (κ1) is 12.8. The average Bonchev–Trinajstić information content (AvgIpc) is 1.92. The zero-order valence-corrected chi connectivity index (χ0v) is 10.5. The van der Waals surface area contributed by atoms with E-state index in [-0.39, 0.29) is 17.8 Å². The lowest BCUT2D eigenvalue weighted by atomic mass is 9.86. The van der Waals surface area contributed by atoms with Crippen LogP contribution >= 0.6 is 28.3 Å². The van der Waals surface area contributed by atoms with Crippen LogP contribution in [0.1, 0.15) is 26.3 Å². The smallest absolute Gasteiger partial charge is 0.0352 e. The highest BCUT2D eigenvalue weighted by molar-refractivity contribution is 9.10. The Hall–Kier alpha value is -0.210. The molecule has 0 aliphatic carbocycles. The van der Waals surface area contributed by atoms with Gasteiger partial charge in [-0.25, -0.2) is 0 Å². The minimum atomic E-state index is 0. The van der Waals surface area contributed by atoms with E-state index in [9.17, 15) is 0 Å². The fourth-order valence-electron chi connectivity index (χ4n) is 1.18. The lowest BCUT2D eigenvalue weighted by Crippen LogP contribution is -2.13. The van der Waals surface area contributed by atoms with Crippen LogP contribution in [0.4, 0.5) is 5.69 Å². The summed E-state index contributed by atoms with van der Waals surface area (Å²) in [5.74, 6) is 0. The monoisotopic (exact) mass is 263 g/mol. The van der Waals surface area contributed by atoms with Gasteiger partial charge in [0.25, 0.3) is 0 Å². The van der Waals surface area contributed by atoms with E-state index >= 15 is 0 Å². The summed E-state index contributed by atoms with van der Waals surface area (Å²) in [6.45, 7) is 6.47.